The van der Waals surface area contributed by atoms with Gasteiger partial charge in [-0.3, -0.25) is 14.6 Å². The van der Waals surface area contributed by atoms with Gasteiger partial charge in [-0.25, -0.2) is 0 Å². The van der Waals surface area contributed by atoms with Crippen molar-refractivity contribution < 1.29 is 9.53 Å². The summed E-state index contributed by atoms with van der Waals surface area (Å²) in [6.45, 7) is 17.8. The van der Waals surface area contributed by atoms with Gasteiger partial charge < -0.3 is 10.1 Å². The molecule has 5 heteroatoms. The molecule has 0 spiro atoms. The van der Waals surface area contributed by atoms with E-state index in [0.717, 1.165) is 45.8 Å². The lowest BCUT2D eigenvalue weighted by atomic mass is 10.1. The van der Waals surface area contributed by atoms with Crippen LogP contribution in [0.4, 0.5) is 0 Å². The highest BCUT2D eigenvalue weighted by Crippen LogP contribution is 2.15. The van der Waals surface area contributed by atoms with Crippen LogP contribution in [0.25, 0.3) is 0 Å². The first kappa shape index (κ1) is 19.4. The molecule has 0 aromatic carbocycles. The topological polar surface area (TPSA) is 44.8 Å². The van der Waals surface area contributed by atoms with Crippen LogP contribution in [0.2, 0.25) is 0 Å². The van der Waals surface area contributed by atoms with Crippen molar-refractivity contribution in [2.75, 3.05) is 39.4 Å². The number of piperazine rings is 1. The van der Waals surface area contributed by atoms with Gasteiger partial charge in [-0.05, 0) is 41.0 Å². The molecule has 0 saturated carbocycles. The summed E-state index contributed by atoms with van der Waals surface area (Å²) >= 11 is 0. The molecule has 0 aromatic heterocycles. The number of hydrogen-bond acceptors (Lipinski definition) is 4. The second-order valence-electron chi connectivity index (χ2n) is 7.21. The van der Waals surface area contributed by atoms with Crippen molar-refractivity contribution in [1.82, 2.24) is 15.1 Å². The van der Waals surface area contributed by atoms with E-state index in [9.17, 15) is 4.79 Å². The molecular weight excluding hydrogens is 278 g/mol. The van der Waals surface area contributed by atoms with Crippen molar-refractivity contribution in [2.24, 2.45) is 0 Å². The van der Waals surface area contributed by atoms with Crippen LogP contribution in [-0.2, 0) is 9.53 Å². The third kappa shape index (κ3) is 6.23. The van der Waals surface area contributed by atoms with Gasteiger partial charge in [0.1, 0.15) is 0 Å². The molecule has 2 atom stereocenters. The van der Waals surface area contributed by atoms with Gasteiger partial charge in [0.05, 0.1) is 12.6 Å². The lowest BCUT2D eigenvalue weighted by Crippen LogP contribution is -2.59. The van der Waals surface area contributed by atoms with Crippen LogP contribution in [0.1, 0.15) is 48.0 Å². The summed E-state index contributed by atoms with van der Waals surface area (Å²) in [6.07, 6.45) is 1.11. The Labute approximate surface area is 136 Å². The van der Waals surface area contributed by atoms with Crippen molar-refractivity contribution in [1.29, 1.82) is 0 Å². The number of nitrogens with one attached hydrogen (secondary N) is 1. The van der Waals surface area contributed by atoms with Gasteiger partial charge >= 0.3 is 0 Å². The second-order valence-corrected chi connectivity index (χ2v) is 7.21. The molecule has 1 heterocycles. The average Bonchev–Trinajstić information content (AvgIpc) is 2.45. The van der Waals surface area contributed by atoms with Crippen molar-refractivity contribution in [2.45, 2.75) is 65.6 Å². The van der Waals surface area contributed by atoms with Crippen LogP contribution in [0.3, 0.4) is 0 Å². The number of carbonyl (C=O) groups excluding carboxylic acids is 1. The highest BCUT2D eigenvalue weighted by atomic mass is 16.5. The first-order valence-electron chi connectivity index (χ1n) is 8.66. The van der Waals surface area contributed by atoms with E-state index in [0.29, 0.717) is 6.04 Å². The highest BCUT2D eigenvalue weighted by molar-refractivity contribution is 5.81. The Balaban J connectivity index is 2.52. The zero-order valence-corrected chi connectivity index (χ0v) is 15.3. The molecule has 22 heavy (non-hydrogen) atoms. The zero-order valence-electron chi connectivity index (χ0n) is 15.3. The number of carbonyl (C=O) groups is 1. The lowest BCUT2D eigenvalue weighted by molar-refractivity contribution is -0.128. The van der Waals surface area contributed by atoms with Gasteiger partial charge in [-0.2, -0.15) is 0 Å². The molecule has 0 bridgehead atoms. The maximum atomic E-state index is 12.4. The van der Waals surface area contributed by atoms with Crippen LogP contribution in [0.5, 0.6) is 0 Å². The fourth-order valence-corrected chi connectivity index (χ4v) is 2.92. The van der Waals surface area contributed by atoms with Gasteiger partial charge in [0.25, 0.3) is 0 Å². The molecule has 1 fully saturated rings. The number of nitrogens with zero attached hydrogens (tertiary/aromatic N) is 2. The molecule has 1 N–H and O–H groups in total. The normalized spacial score (nSPS) is 22.5. The Morgan fingerprint density at radius 3 is 2.55 bits per heavy atom. The summed E-state index contributed by atoms with van der Waals surface area (Å²) in [7, 11) is 0. The number of amides is 1. The smallest absolute Gasteiger partial charge is 0.237 e. The Morgan fingerprint density at radius 1 is 1.32 bits per heavy atom. The Bertz CT molecular complexity index is 341. The van der Waals surface area contributed by atoms with Crippen LogP contribution < -0.4 is 5.32 Å². The summed E-state index contributed by atoms with van der Waals surface area (Å²) in [5.74, 6) is 0.130. The van der Waals surface area contributed by atoms with E-state index in [-0.39, 0.29) is 17.5 Å². The first-order valence-corrected chi connectivity index (χ1v) is 8.66. The molecule has 1 rings (SSSR count). The summed E-state index contributed by atoms with van der Waals surface area (Å²) in [5.41, 5.74) is -0.172. The largest absolute Gasteiger partial charge is 0.380 e. The third-order valence-corrected chi connectivity index (χ3v) is 4.26. The minimum Gasteiger partial charge on any atom is -0.380 e. The summed E-state index contributed by atoms with van der Waals surface area (Å²) in [6, 6.07) is 0.446. The maximum absolute atomic E-state index is 12.4. The quantitative estimate of drug-likeness (QED) is 0.727. The zero-order chi connectivity index (χ0) is 16.8. The summed E-state index contributed by atoms with van der Waals surface area (Å²) in [5, 5.41) is 3.09. The minimum absolute atomic E-state index is 0.0673. The van der Waals surface area contributed by atoms with Crippen molar-refractivity contribution in [3.8, 4) is 0 Å². The molecule has 0 unspecified atom stereocenters. The van der Waals surface area contributed by atoms with Crippen molar-refractivity contribution in [3.05, 3.63) is 0 Å². The van der Waals surface area contributed by atoms with E-state index in [4.69, 9.17) is 4.74 Å². The highest BCUT2D eigenvalue weighted by Gasteiger charge is 2.31. The molecule has 0 radical (unpaired) electrons. The molecule has 1 aliphatic rings. The van der Waals surface area contributed by atoms with Crippen LogP contribution in [0.15, 0.2) is 0 Å². The predicted molar refractivity (Wildman–Crippen MR) is 91.1 cm³/mol. The van der Waals surface area contributed by atoms with Crippen LogP contribution in [-0.4, -0.2) is 72.7 Å². The second kappa shape index (κ2) is 8.85. The SMILES string of the molecule is CCOCCN1CCN([C@@H](C)C(=O)NC(C)(C)C)C[C@@H]1CC. The predicted octanol–water partition coefficient (Wildman–Crippen LogP) is 1.72. The minimum atomic E-state index is -0.172. The van der Waals surface area contributed by atoms with Gasteiger partial charge in [0, 0.05) is 44.4 Å². The Morgan fingerprint density at radius 2 is 2.00 bits per heavy atom. The van der Waals surface area contributed by atoms with Crippen molar-refractivity contribution in [3.63, 3.8) is 0 Å². The first-order chi connectivity index (χ1) is 10.3. The fourth-order valence-electron chi connectivity index (χ4n) is 2.92. The number of rotatable bonds is 7. The van der Waals surface area contributed by atoms with Crippen LogP contribution >= 0.6 is 0 Å². The average molecular weight is 313 g/mol. The monoisotopic (exact) mass is 313 g/mol. The third-order valence-electron chi connectivity index (χ3n) is 4.26. The van der Waals surface area contributed by atoms with E-state index in [1.807, 2.05) is 34.6 Å². The molecule has 1 saturated heterocycles. The van der Waals surface area contributed by atoms with E-state index in [1.165, 1.54) is 0 Å². The fraction of sp³-hybridized carbons (Fsp3) is 0.941. The van der Waals surface area contributed by atoms with E-state index in [2.05, 4.69) is 22.0 Å². The number of hydrogen-bond donors (Lipinski definition) is 1. The molecule has 5 nitrogen and oxygen atoms in total. The van der Waals surface area contributed by atoms with Gasteiger partial charge in [0.15, 0.2) is 0 Å². The van der Waals surface area contributed by atoms with E-state index < -0.39 is 0 Å². The molecule has 0 aromatic rings. The van der Waals surface area contributed by atoms with Gasteiger partial charge in [-0.15, -0.1) is 0 Å². The molecule has 1 aliphatic heterocycles. The molecule has 130 valence electrons. The van der Waals surface area contributed by atoms with Gasteiger partial charge in [0.2, 0.25) is 5.91 Å². The Kier molecular flexibility index (Phi) is 7.80. The Hall–Kier alpha value is -0.650. The molecule has 0 aliphatic carbocycles. The maximum Gasteiger partial charge on any atom is 0.237 e. The lowest BCUT2D eigenvalue weighted by Gasteiger charge is -2.43. The van der Waals surface area contributed by atoms with Crippen LogP contribution in [0, 0.1) is 0 Å². The van der Waals surface area contributed by atoms with Crippen molar-refractivity contribution >= 4 is 5.91 Å². The van der Waals surface area contributed by atoms with E-state index >= 15 is 0 Å². The van der Waals surface area contributed by atoms with Gasteiger partial charge in [-0.1, -0.05) is 6.92 Å². The summed E-state index contributed by atoms with van der Waals surface area (Å²) in [4.78, 5) is 17.2. The summed E-state index contributed by atoms with van der Waals surface area (Å²) < 4.78 is 5.48. The molecule has 1 amide bonds. The van der Waals surface area contributed by atoms with E-state index in [1.54, 1.807) is 0 Å². The molecular formula is C17H35N3O2. The number of ether oxygens (including phenoxy) is 1. The standard InChI is InChI=1S/C17H35N3O2/c1-7-15-13-20(10-9-19(15)11-12-22-8-2)14(3)16(21)18-17(4,5)6/h14-15H,7-13H2,1-6H3,(H,18,21)/t14-,15-/m0/s1.